The predicted molar refractivity (Wildman–Crippen MR) is 181 cm³/mol. The molecular formula is C36H43N7O5. The number of carbonyl (C=O) groups excluding carboxylic acids is 1. The van der Waals surface area contributed by atoms with Gasteiger partial charge in [-0.1, -0.05) is 30.8 Å². The van der Waals surface area contributed by atoms with Crippen LogP contribution >= 0.6 is 0 Å². The Bertz CT molecular complexity index is 1700. The molecule has 7 rings (SSSR count). The zero-order valence-electron chi connectivity index (χ0n) is 27.6. The van der Waals surface area contributed by atoms with Crippen molar-refractivity contribution in [1.29, 1.82) is 5.26 Å². The van der Waals surface area contributed by atoms with Gasteiger partial charge in [0, 0.05) is 69.1 Å². The molecule has 4 heterocycles. The molecule has 0 radical (unpaired) electrons. The highest BCUT2D eigenvalue weighted by Crippen LogP contribution is 2.43. The van der Waals surface area contributed by atoms with Gasteiger partial charge in [-0.15, -0.1) is 0 Å². The molecule has 12 nitrogen and oxygen atoms in total. The second-order valence-corrected chi connectivity index (χ2v) is 13.0. The Morgan fingerprint density at radius 3 is 2.71 bits per heavy atom. The summed E-state index contributed by atoms with van der Waals surface area (Å²) in [6.45, 7) is 10.6. The van der Waals surface area contributed by atoms with Gasteiger partial charge >= 0.3 is 6.01 Å². The summed E-state index contributed by atoms with van der Waals surface area (Å²) in [6, 6.07) is 14.8. The number of piperazine rings is 1. The number of fused-ring (bicyclic) bond motifs is 2. The van der Waals surface area contributed by atoms with Crippen molar-refractivity contribution < 1.29 is 23.7 Å². The third-order valence-corrected chi connectivity index (χ3v) is 10.1. The molecule has 3 fully saturated rings. The topological polar surface area (TPSA) is 117 Å². The van der Waals surface area contributed by atoms with E-state index in [9.17, 15) is 10.1 Å². The molecule has 1 saturated carbocycles. The summed E-state index contributed by atoms with van der Waals surface area (Å²) in [7, 11) is 1.62. The first-order valence-electron chi connectivity index (χ1n) is 16.8. The van der Waals surface area contributed by atoms with Gasteiger partial charge in [-0.25, -0.2) is 0 Å². The van der Waals surface area contributed by atoms with E-state index in [-0.39, 0.29) is 30.7 Å². The van der Waals surface area contributed by atoms with Crippen LogP contribution in [-0.2, 0) is 27.2 Å². The van der Waals surface area contributed by atoms with E-state index in [0.717, 1.165) is 91.4 Å². The van der Waals surface area contributed by atoms with E-state index in [2.05, 4.69) is 51.6 Å². The molecule has 0 unspecified atom stereocenters. The maximum absolute atomic E-state index is 12.6. The molecule has 1 amide bonds. The Hall–Kier alpha value is -4.44. The predicted octanol–water partition coefficient (Wildman–Crippen LogP) is 3.54. The van der Waals surface area contributed by atoms with Crippen LogP contribution < -0.4 is 19.3 Å². The maximum atomic E-state index is 12.6. The van der Waals surface area contributed by atoms with Gasteiger partial charge in [-0.05, 0) is 36.8 Å². The third kappa shape index (κ3) is 6.50. The minimum Gasteiger partial charge on any atom is -0.467 e. The number of ether oxygens (including phenoxy) is 4. The normalized spacial score (nSPS) is 20.6. The van der Waals surface area contributed by atoms with E-state index >= 15 is 0 Å². The van der Waals surface area contributed by atoms with E-state index in [1.165, 1.54) is 6.08 Å². The smallest absolute Gasteiger partial charge is 0.318 e. The van der Waals surface area contributed by atoms with E-state index in [0.29, 0.717) is 38.8 Å². The van der Waals surface area contributed by atoms with Gasteiger partial charge in [0.25, 0.3) is 0 Å². The minimum atomic E-state index is -0.262. The fourth-order valence-corrected chi connectivity index (χ4v) is 7.32. The van der Waals surface area contributed by atoms with Crippen LogP contribution in [0, 0.1) is 11.3 Å². The van der Waals surface area contributed by atoms with Crippen LogP contribution in [0.25, 0.3) is 10.8 Å². The van der Waals surface area contributed by atoms with Crippen LogP contribution in [0.4, 0.5) is 11.5 Å². The molecule has 12 heteroatoms. The molecule has 3 aromatic rings. The zero-order valence-corrected chi connectivity index (χ0v) is 27.6. The highest BCUT2D eigenvalue weighted by Gasteiger charge is 2.49. The Balaban J connectivity index is 1.21. The fraction of sp³-hybridized carbons (Fsp3) is 0.500. The second kappa shape index (κ2) is 14.0. The van der Waals surface area contributed by atoms with Gasteiger partial charge < -0.3 is 33.6 Å². The Labute approximate surface area is 281 Å². The van der Waals surface area contributed by atoms with Crippen molar-refractivity contribution in [3.05, 3.63) is 60.3 Å². The number of hydrogen-bond donors (Lipinski definition) is 0. The lowest BCUT2D eigenvalue weighted by molar-refractivity contribution is -0.128. The van der Waals surface area contributed by atoms with E-state index in [4.69, 9.17) is 28.9 Å². The highest BCUT2D eigenvalue weighted by atomic mass is 16.7. The summed E-state index contributed by atoms with van der Waals surface area (Å²) in [5.74, 6) is 1.43. The molecule has 0 spiro atoms. The van der Waals surface area contributed by atoms with E-state index < -0.39 is 0 Å². The van der Waals surface area contributed by atoms with Gasteiger partial charge in [0.15, 0.2) is 6.79 Å². The third-order valence-electron chi connectivity index (χ3n) is 10.1. The summed E-state index contributed by atoms with van der Waals surface area (Å²) in [6.07, 6.45) is 4.46. The van der Waals surface area contributed by atoms with Gasteiger partial charge in [0.2, 0.25) is 5.91 Å². The molecular weight excluding hydrogens is 610 g/mol. The van der Waals surface area contributed by atoms with Gasteiger partial charge in [-0.2, -0.15) is 15.2 Å². The monoisotopic (exact) mass is 653 g/mol. The molecule has 2 aromatic carbocycles. The zero-order chi connectivity index (χ0) is 33.1. The number of hydrogen-bond acceptors (Lipinski definition) is 11. The van der Waals surface area contributed by atoms with E-state index in [1.807, 2.05) is 12.1 Å². The molecule has 252 valence electrons. The van der Waals surface area contributed by atoms with Crippen LogP contribution in [-0.4, -0.2) is 110 Å². The molecule has 1 atom stereocenters. The fourth-order valence-electron chi connectivity index (χ4n) is 7.32. The summed E-state index contributed by atoms with van der Waals surface area (Å²) in [5, 5.41) is 11.8. The quantitative estimate of drug-likeness (QED) is 0.224. The largest absolute Gasteiger partial charge is 0.467 e. The van der Waals surface area contributed by atoms with E-state index in [1.54, 1.807) is 12.0 Å². The van der Waals surface area contributed by atoms with Gasteiger partial charge in [-0.3, -0.25) is 9.69 Å². The average molecular weight is 654 g/mol. The van der Waals surface area contributed by atoms with Crippen molar-refractivity contribution in [3.8, 4) is 17.8 Å². The lowest BCUT2D eigenvalue weighted by atomic mass is 10.0. The van der Waals surface area contributed by atoms with Crippen LogP contribution in [0.1, 0.15) is 30.5 Å². The SMILES string of the molecule is C=CC(=O)N1CCN(c2nc(OCC3(N4CCOCC4)CC3)nc3c2CCN(c2cc(OCOC)cc4ccccc24)C3)C[C@@H]1CC#N. The van der Waals surface area contributed by atoms with Crippen molar-refractivity contribution in [1.82, 2.24) is 19.8 Å². The van der Waals surface area contributed by atoms with Crippen molar-refractivity contribution in [2.24, 2.45) is 0 Å². The molecule has 0 bridgehead atoms. The van der Waals surface area contributed by atoms with Crippen LogP contribution in [0.3, 0.4) is 0 Å². The standard InChI is InChI=1S/C36H43N7O5/c1-3-33(44)43-15-14-41(22-27(43)8-12-37)34-30-9-13-40(32-21-28(48-25-45-2)20-26-6-4-5-7-29(26)32)23-31(30)38-35(39-34)47-24-36(10-11-36)42-16-18-46-19-17-42/h3-7,20-21,27H,1,8-11,13-19,22-25H2,2H3/t27-/m0/s1. The first-order chi connectivity index (χ1) is 23.5. The van der Waals surface area contributed by atoms with Gasteiger partial charge in [0.1, 0.15) is 18.2 Å². The molecule has 0 N–H and O–H groups in total. The summed E-state index contributed by atoms with van der Waals surface area (Å²) in [4.78, 5) is 31.6. The number of nitrogens with zero attached hydrogens (tertiary/aromatic N) is 7. The van der Waals surface area contributed by atoms with Crippen LogP contribution in [0.2, 0.25) is 0 Å². The first-order valence-corrected chi connectivity index (χ1v) is 16.8. The number of anilines is 2. The number of benzene rings is 2. The number of nitriles is 1. The highest BCUT2D eigenvalue weighted by molar-refractivity contribution is 5.96. The van der Waals surface area contributed by atoms with Crippen LogP contribution in [0.5, 0.6) is 11.8 Å². The Morgan fingerprint density at radius 2 is 1.94 bits per heavy atom. The molecule has 4 aliphatic rings. The number of rotatable bonds is 11. The number of carbonyl (C=O) groups is 1. The number of amides is 1. The van der Waals surface area contributed by atoms with Crippen molar-refractivity contribution >= 4 is 28.2 Å². The number of morpholine rings is 1. The molecule has 1 aliphatic carbocycles. The van der Waals surface area contributed by atoms with Crippen molar-refractivity contribution in [2.45, 2.75) is 43.8 Å². The Kier molecular flexibility index (Phi) is 9.34. The first kappa shape index (κ1) is 32.1. The lowest BCUT2D eigenvalue weighted by Gasteiger charge is -2.42. The molecule has 1 aromatic heterocycles. The summed E-state index contributed by atoms with van der Waals surface area (Å²) >= 11 is 0. The van der Waals surface area contributed by atoms with Gasteiger partial charge in [0.05, 0.1) is 49.5 Å². The molecule has 48 heavy (non-hydrogen) atoms. The molecule has 2 saturated heterocycles. The van der Waals surface area contributed by atoms with Crippen LogP contribution in [0.15, 0.2) is 49.1 Å². The average Bonchev–Trinajstić information content (AvgIpc) is 3.93. The summed E-state index contributed by atoms with van der Waals surface area (Å²) in [5.41, 5.74) is 3.09. The van der Waals surface area contributed by atoms with Crippen molar-refractivity contribution in [3.63, 3.8) is 0 Å². The minimum absolute atomic E-state index is 0.00532. The lowest BCUT2D eigenvalue weighted by Crippen LogP contribution is -2.55. The Morgan fingerprint density at radius 1 is 1.10 bits per heavy atom. The summed E-state index contributed by atoms with van der Waals surface area (Å²) < 4.78 is 23.2. The maximum Gasteiger partial charge on any atom is 0.318 e. The van der Waals surface area contributed by atoms with Crippen molar-refractivity contribution in [2.75, 3.05) is 82.8 Å². The number of aromatic nitrogens is 2. The molecule has 3 aliphatic heterocycles. The number of methoxy groups -OCH3 is 1. The second-order valence-electron chi connectivity index (χ2n) is 13.0.